The zero-order valence-corrected chi connectivity index (χ0v) is 14.6. The molecule has 1 fully saturated rings. The highest BCUT2D eigenvalue weighted by atomic mass is 16.6. The van der Waals surface area contributed by atoms with Gasteiger partial charge in [-0.3, -0.25) is 0 Å². The second-order valence-electron chi connectivity index (χ2n) is 7.31. The molecule has 0 aromatic heterocycles. The molecule has 0 spiro atoms. The molecule has 1 aromatic carbocycles. The van der Waals surface area contributed by atoms with Gasteiger partial charge >= 0.3 is 5.97 Å². The van der Waals surface area contributed by atoms with Crippen LogP contribution in [-0.2, 0) is 14.3 Å². The Hall–Kier alpha value is -1.61. The van der Waals surface area contributed by atoms with E-state index in [1.165, 1.54) is 52.8 Å². The molecule has 3 aliphatic rings. The Morgan fingerprint density at radius 1 is 1.25 bits per heavy atom. The van der Waals surface area contributed by atoms with Gasteiger partial charge in [0, 0.05) is 0 Å². The lowest BCUT2D eigenvalue weighted by molar-refractivity contribution is -0.152. The first-order chi connectivity index (χ1) is 11.7. The molecule has 128 valence electrons. The zero-order valence-electron chi connectivity index (χ0n) is 14.6. The molecule has 4 rings (SSSR count). The minimum atomic E-state index is -0.254. The van der Waals surface area contributed by atoms with Crippen LogP contribution in [-0.4, -0.2) is 19.2 Å². The van der Waals surface area contributed by atoms with E-state index < -0.39 is 0 Å². The summed E-state index contributed by atoms with van der Waals surface area (Å²) in [4.78, 5) is 11.7. The topological polar surface area (TPSA) is 35.5 Å². The highest BCUT2D eigenvalue weighted by molar-refractivity contribution is 5.70. The van der Waals surface area contributed by atoms with Gasteiger partial charge in [-0.15, -0.1) is 0 Å². The van der Waals surface area contributed by atoms with Crippen molar-refractivity contribution in [2.24, 2.45) is 5.92 Å². The van der Waals surface area contributed by atoms with Crippen LogP contribution in [0.25, 0.3) is 11.6 Å². The minimum absolute atomic E-state index is 0.0503. The van der Waals surface area contributed by atoms with Crippen LogP contribution < -0.4 is 10.4 Å². The fourth-order valence-electron chi connectivity index (χ4n) is 4.96. The predicted octanol–water partition coefficient (Wildman–Crippen LogP) is 2.95. The molecule has 3 atom stereocenters. The number of carbonyl (C=O) groups excluding carboxylic acids is 1. The molecule has 0 N–H and O–H groups in total. The van der Waals surface area contributed by atoms with E-state index in [2.05, 4.69) is 25.1 Å². The molecule has 0 radical (unpaired) electrons. The molecular weight excluding hydrogens is 300 g/mol. The highest BCUT2D eigenvalue weighted by Crippen LogP contribution is 2.52. The lowest BCUT2D eigenvalue weighted by Gasteiger charge is -2.29. The third kappa shape index (κ3) is 2.50. The van der Waals surface area contributed by atoms with Gasteiger partial charge < -0.3 is 9.47 Å². The van der Waals surface area contributed by atoms with E-state index >= 15 is 0 Å². The molecule has 24 heavy (non-hydrogen) atoms. The normalized spacial score (nSPS) is 27.2. The lowest BCUT2D eigenvalue weighted by atomic mass is 9.78. The zero-order chi connectivity index (χ0) is 16.7. The maximum absolute atomic E-state index is 11.7. The summed E-state index contributed by atoms with van der Waals surface area (Å²) in [7, 11) is 0. The van der Waals surface area contributed by atoms with Gasteiger partial charge in [-0.2, -0.15) is 0 Å². The van der Waals surface area contributed by atoms with Crippen LogP contribution in [0.15, 0.2) is 12.1 Å². The summed E-state index contributed by atoms with van der Waals surface area (Å²) in [5, 5.41) is 2.87. The number of carbonyl (C=O) groups is 1. The average molecular weight is 326 g/mol. The maximum atomic E-state index is 11.7. The molecule has 1 saturated carbocycles. The van der Waals surface area contributed by atoms with Gasteiger partial charge in [-0.25, -0.2) is 4.79 Å². The number of benzene rings is 1. The number of hydrogen-bond acceptors (Lipinski definition) is 3. The largest absolute Gasteiger partial charge is 0.464 e. The summed E-state index contributed by atoms with van der Waals surface area (Å²) in [5.74, 6) is 0.859. The second-order valence-corrected chi connectivity index (χ2v) is 7.31. The Labute approximate surface area is 143 Å². The van der Waals surface area contributed by atoms with Crippen LogP contribution in [0.2, 0.25) is 0 Å². The molecule has 3 aliphatic carbocycles. The molecule has 3 unspecified atom stereocenters. The van der Waals surface area contributed by atoms with E-state index in [0.717, 1.165) is 6.42 Å². The summed E-state index contributed by atoms with van der Waals surface area (Å²) in [6.45, 7) is 4.54. The number of rotatable bonds is 4. The number of fused-ring (bicyclic) bond motifs is 5. The third-order valence-corrected chi connectivity index (χ3v) is 5.96. The molecule has 0 heterocycles. The van der Waals surface area contributed by atoms with Crippen LogP contribution in [0, 0.1) is 5.92 Å². The quantitative estimate of drug-likeness (QED) is 0.798. The second kappa shape index (κ2) is 6.36. The fourth-order valence-corrected chi connectivity index (χ4v) is 4.96. The van der Waals surface area contributed by atoms with Gasteiger partial charge in [-0.05, 0) is 66.5 Å². The first-order valence-electron chi connectivity index (χ1n) is 9.30. The summed E-state index contributed by atoms with van der Waals surface area (Å²) in [6, 6.07) is 4.51. The van der Waals surface area contributed by atoms with Gasteiger partial charge in [0.05, 0.1) is 12.7 Å². The van der Waals surface area contributed by atoms with Crippen molar-refractivity contribution in [2.75, 3.05) is 13.2 Å². The van der Waals surface area contributed by atoms with Gasteiger partial charge in [0.15, 0.2) is 0 Å². The molecule has 3 heteroatoms. The van der Waals surface area contributed by atoms with Crippen LogP contribution >= 0.6 is 0 Å². The molecule has 3 nitrogen and oxygen atoms in total. The third-order valence-electron chi connectivity index (χ3n) is 5.96. The summed E-state index contributed by atoms with van der Waals surface area (Å²) >= 11 is 0. The van der Waals surface area contributed by atoms with E-state index in [9.17, 15) is 4.79 Å². The SMILES string of the molecule is CCOC(=O)COC1c2ccc3c(c2C2CCCCC21)=CCC=3C. The Morgan fingerprint density at radius 2 is 2.08 bits per heavy atom. The monoisotopic (exact) mass is 326 g/mol. The fraction of sp³-hybridized carbons (Fsp3) is 0.571. The number of ether oxygens (including phenoxy) is 2. The molecular formula is C21H26O3. The van der Waals surface area contributed by atoms with Crippen LogP contribution in [0.1, 0.15) is 69.1 Å². The van der Waals surface area contributed by atoms with Crippen molar-refractivity contribution in [2.45, 2.75) is 58.0 Å². The molecule has 1 aromatic rings. The highest BCUT2D eigenvalue weighted by Gasteiger charge is 2.43. The maximum Gasteiger partial charge on any atom is 0.332 e. The van der Waals surface area contributed by atoms with Crippen molar-refractivity contribution < 1.29 is 14.3 Å². The summed E-state index contributed by atoms with van der Waals surface area (Å²) in [5.41, 5.74) is 4.31. The lowest BCUT2D eigenvalue weighted by Crippen LogP contribution is -2.29. The molecule has 0 saturated heterocycles. The van der Waals surface area contributed by atoms with Gasteiger partial charge in [0.2, 0.25) is 0 Å². The Bertz CT molecular complexity index is 777. The molecule has 0 bridgehead atoms. The minimum Gasteiger partial charge on any atom is -0.464 e. The number of esters is 1. The first kappa shape index (κ1) is 15.9. The van der Waals surface area contributed by atoms with E-state index in [4.69, 9.17) is 9.47 Å². The predicted molar refractivity (Wildman–Crippen MR) is 93.9 cm³/mol. The standard InChI is InChI=1S/C21H26O3/c1-3-23-19(22)12-24-21-17-7-5-4-6-15(17)20-16-9-8-13(2)14(16)10-11-18(20)21/h9-11,15,17,21H,3-8,12H2,1-2H3. The van der Waals surface area contributed by atoms with Gasteiger partial charge in [0.1, 0.15) is 6.61 Å². The van der Waals surface area contributed by atoms with Gasteiger partial charge in [0.25, 0.3) is 0 Å². The molecule has 0 aliphatic heterocycles. The van der Waals surface area contributed by atoms with Crippen molar-refractivity contribution in [3.63, 3.8) is 0 Å². The summed E-state index contributed by atoms with van der Waals surface area (Å²) in [6.07, 6.45) is 8.53. The molecule has 0 amide bonds. The van der Waals surface area contributed by atoms with Crippen molar-refractivity contribution in [1.29, 1.82) is 0 Å². The van der Waals surface area contributed by atoms with Crippen LogP contribution in [0.4, 0.5) is 0 Å². The number of hydrogen-bond donors (Lipinski definition) is 0. The average Bonchev–Trinajstić information content (AvgIpc) is 3.11. The smallest absolute Gasteiger partial charge is 0.332 e. The van der Waals surface area contributed by atoms with E-state index in [0.29, 0.717) is 18.4 Å². The van der Waals surface area contributed by atoms with E-state index in [-0.39, 0.29) is 18.7 Å². The van der Waals surface area contributed by atoms with E-state index in [1.54, 1.807) is 0 Å². The Kier molecular flexibility index (Phi) is 4.21. The first-order valence-corrected chi connectivity index (χ1v) is 9.30. The van der Waals surface area contributed by atoms with Crippen molar-refractivity contribution in [3.05, 3.63) is 33.7 Å². The Morgan fingerprint density at radius 3 is 2.92 bits per heavy atom. The van der Waals surface area contributed by atoms with Crippen LogP contribution in [0.3, 0.4) is 0 Å². The summed E-state index contributed by atoms with van der Waals surface area (Å²) < 4.78 is 11.1. The van der Waals surface area contributed by atoms with Gasteiger partial charge in [-0.1, -0.05) is 36.6 Å². The van der Waals surface area contributed by atoms with Crippen molar-refractivity contribution >= 4 is 17.6 Å². The van der Waals surface area contributed by atoms with Crippen LogP contribution in [0.5, 0.6) is 0 Å². The van der Waals surface area contributed by atoms with E-state index in [1.807, 2.05) is 6.92 Å². The Balaban J connectivity index is 1.71. The van der Waals surface area contributed by atoms with Crippen molar-refractivity contribution in [1.82, 2.24) is 0 Å². The van der Waals surface area contributed by atoms with Crippen molar-refractivity contribution in [3.8, 4) is 0 Å².